The Bertz CT molecular complexity index is 823. The van der Waals surface area contributed by atoms with Gasteiger partial charge in [0.15, 0.2) is 11.2 Å². The average molecular weight is 290 g/mol. The van der Waals surface area contributed by atoms with Crippen molar-refractivity contribution in [2.75, 3.05) is 0 Å². The molecule has 0 bridgehead atoms. The van der Waals surface area contributed by atoms with Gasteiger partial charge in [0, 0.05) is 26.1 Å². The molecule has 0 spiro atoms. The maximum Gasteiger partial charge on any atom is 0.332 e. The molecule has 0 N–H and O–H groups in total. The molecule has 0 unspecified atom stereocenters. The van der Waals surface area contributed by atoms with E-state index < -0.39 is 0 Å². The molecule has 7 heteroatoms. The lowest BCUT2D eigenvalue weighted by Crippen LogP contribution is -2.38. The van der Waals surface area contributed by atoms with Crippen LogP contribution in [0.2, 0.25) is 0 Å². The van der Waals surface area contributed by atoms with E-state index in [4.69, 9.17) is 0 Å². The van der Waals surface area contributed by atoms with Gasteiger partial charge in [0.1, 0.15) is 5.78 Å². The molecule has 1 saturated carbocycles. The van der Waals surface area contributed by atoms with Crippen molar-refractivity contribution >= 4 is 16.9 Å². The summed E-state index contributed by atoms with van der Waals surface area (Å²) in [6, 6.07) is 0.160. The summed E-state index contributed by atoms with van der Waals surface area (Å²) >= 11 is 0. The summed E-state index contributed by atoms with van der Waals surface area (Å²) < 4.78 is 4.51. The van der Waals surface area contributed by atoms with Crippen LogP contribution in [-0.4, -0.2) is 24.5 Å². The van der Waals surface area contributed by atoms with Gasteiger partial charge in [-0.2, -0.15) is 0 Å². The van der Waals surface area contributed by atoms with Gasteiger partial charge in [-0.05, 0) is 26.2 Å². The molecular weight excluding hydrogens is 272 g/mol. The maximum absolute atomic E-state index is 12.3. The van der Waals surface area contributed by atoms with Gasteiger partial charge >= 0.3 is 5.69 Å². The quantitative estimate of drug-likeness (QED) is 0.808. The Hall–Kier alpha value is -2.18. The Morgan fingerprint density at radius 2 is 2.10 bits per heavy atom. The minimum Gasteiger partial charge on any atom is -0.325 e. The number of hydrogen-bond donors (Lipinski definition) is 0. The lowest BCUT2D eigenvalue weighted by atomic mass is 10.2. The number of fused-ring (bicyclic) bond motifs is 1. The van der Waals surface area contributed by atoms with Crippen LogP contribution in [0.25, 0.3) is 11.2 Å². The monoisotopic (exact) mass is 290 g/mol. The molecule has 0 radical (unpaired) electrons. The van der Waals surface area contributed by atoms with Gasteiger partial charge in [0.2, 0.25) is 0 Å². The predicted molar refractivity (Wildman–Crippen MR) is 77.4 cm³/mol. The van der Waals surface area contributed by atoms with E-state index in [2.05, 4.69) is 4.98 Å². The lowest BCUT2D eigenvalue weighted by Gasteiger charge is -2.08. The number of nitrogens with zero attached hydrogens (tertiary/aromatic N) is 4. The molecule has 3 rings (SSSR count). The van der Waals surface area contributed by atoms with E-state index in [1.807, 2.05) is 0 Å². The van der Waals surface area contributed by atoms with Gasteiger partial charge in [-0.15, -0.1) is 0 Å². The van der Waals surface area contributed by atoms with Crippen molar-refractivity contribution in [3.8, 4) is 0 Å². The topological polar surface area (TPSA) is 78.9 Å². The van der Waals surface area contributed by atoms with Crippen LogP contribution in [0.4, 0.5) is 0 Å². The number of Topliss-reactive ketones (excluding diaryl/α,β-unsaturated/α-hetero) is 1. The molecule has 2 aromatic rings. The summed E-state index contributed by atoms with van der Waals surface area (Å²) in [6.45, 7) is 2.10. The number of imidazole rings is 1. The zero-order valence-corrected chi connectivity index (χ0v) is 12.2. The van der Waals surface area contributed by atoms with E-state index in [0.29, 0.717) is 30.6 Å². The maximum atomic E-state index is 12.3. The molecule has 1 aliphatic carbocycles. The molecule has 2 aromatic heterocycles. The fourth-order valence-electron chi connectivity index (χ4n) is 2.59. The van der Waals surface area contributed by atoms with Gasteiger partial charge in [0.25, 0.3) is 5.56 Å². The van der Waals surface area contributed by atoms with Crippen LogP contribution in [-0.2, 0) is 18.4 Å². The van der Waals surface area contributed by atoms with Crippen molar-refractivity contribution < 1.29 is 4.79 Å². The zero-order valence-electron chi connectivity index (χ0n) is 12.2. The van der Waals surface area contributed by atoms with Crippen molar-refractivity contribution in [2.24, 2.45) is 7.05 Å². The Balaban J connectivity index is 2.10. The summed E-state index contributed by atoms with van der Waals surface area (Å²) in [6.07, 6.45) is 4.62. The normalized spacial score (nSPS) is 14.8. The third-order valence-electron chi connectivity index (χ3n) is 3.89. The number of hydrogen-bond acceptors (Lipinski definition) is 4. The van der Waals surface area contributed by atoms with Crippen molar-refractivity contribution in [1.29, 1.82) is 0 Å². The summed E-state index contributed by atoms with van der Waals surface area (Å²) in [4.78, 5) is 39.9. The van der Waals surface area contributed by atoms with Gasteiger partial charge in [-0.1, -0.05) is 0 Å². The van der Waals surface area contributed by atoms with E-state index in [9.17, 15) is 14.4 Å². The SMILES string of the molecule is CC(=O)CCCn1cnc2c1c(=O)n(C)c(=O)n2C1CC1. The molecule has 0 amide bonds. The minimum atomic E-state index is -0.327. The molecule has 1 aliphatic rings. The first-order valence-corrected chi connectivity index (χ1v) is 7.16. The van der Waals surface area contributed by atoms with Gasteiger partial charge in [-0.3, -0.25) is 13.9 Å². The summed E-state index contributed by atoms with van der Waals surface area (Å²) in [7, 11) is 1.50. The smallest absolute Gasteiger partial charge is 0.325 e. The summed E-state index contributed by atoms with van der Waals surface area (Å²) in [5.41, 5.74) is 0.289. The largest absolute Gasteiger partial charge is 0.332 e. The Labute approximate surface area is 120 Å². The highest BCUT2D eigenvalue weighted by atomic mass is 16.2. The zero-order chi connectivity index (χ0) is 15.1. The predicted octanol–water partition coefficient (Wildman–Crippen LogP) is 0.601. The fourth-order valence-corrected chi connectivity index (χ4v) is 2.59. The first-order chi connectivity index (χ1) is 10.0. The molecule has 0 aliphatic heterocycles. The third-order valence-corrected chi connectivity index (χ3v) is 3.89. The average Bonchev–Trinajstić information content (AvgIpc) is 3.17. The van der Waals surface area contributed by atoms with Crippen molar-refractivity contribution in [3.63, 3.8) is 0 Å². The van der Waals surface area contributed by atoms with E-state index in [1.54, 1.807) is 22.4 Å². The minimum absolute atomic E-state index is 0.127. The second kappa shape index (κ2) is 4.98. The fraction of sp³-hybridized carbons (Fsp3) is 0.571. The molecule has 2 heterocycles. The molecule has 1 fully saturated rings. The van der Waals surface area contributed by atoms with Crippen LogP contribution < -0.4 is 11.2 Å². The lowest BCUT2D eigenvalue weighted by molar-refractivity contribution is -0.117. The van der Waals surface area contributed by atoms with Crippen molar-refractivity contribution in [1.82, 2.24) is 18.7 Å². The van der Waals surface area contributed by atoms with Gasteiger partial charge < -0.3 is 9.36 Å². The molecule has 112 valence electrons. The number of aromatic nitrogens is 4. The van der Waals surface area contributed by atoms with E-state index in [0.717, 1.165) is 17.4 Å². The van der Waals surface area contributed by atoms with Crippen LogP contribution >= 0.6 is 0 Å². The second-order valence-corrected chi connectivity index (χ2v) is 5.66. The van der Waals surface area contributed by atoms with Crippen LogP contribution in [0.1, 0.15) is 38.6 Å². The summed E-state index contributed by atoms with van der Waals surface area (Å²) in [5, 5.41) is 0. The van der Waals surface area contributed by atoms with Crippen molar-refractivity contribution in [3.05, 3.63) is 27.2 Å². The molecule has 7 nitrogen and oxygen atoms in total. The Kier molecular flexibility index (Phi) is 3.27. The Morgan fingerprint density at radius 3 is 2.71 bits per heavy atom. The first kappa shape index (κ1) is 13.8. The van der Waals surface area contributed by atoms with Crippen LogP contribution in [0.3, 0.4) is 0 Å². The van der Waals surface area contributed by atoms with Crippen molar-refractivity contribution in [2.45, 2.75) is 45.2 Å². The molecule has 0 aromatic carbocycles. The highest BCUT2D eigenvalue weighted by Gasteiger charge is 2.29. The Morgan fingerprint density at radius 1 is 1.38 bits per heavy atom. The first-order valence-electron chi connectivity index (χ1n) is 7.16. The highest BCUT2D eigenvalue weighted by molar-refractivity contribution is 5.75. The molecular formula is C14H18N4O3. The van der Waals surface area contributed by atoms with Gasteiger partial charge in [-0.25, -0.2) is 9.78 Å². The van der Waals surface area contributed by atoms with Crippen LogP contribution in [0.15, 0.2) is 15.9 Å². The van der Waals surface area contributed by atoms with Crippen LogP contribution in [0, 0.1) is 0 Å². The highest BCUT2D eigenvalue weighted by Crippen LogP contribution is 2.34. The summed E-state index contributed by atoms with van der Waals surface area (Å²) in [5.74, 6) is 0.127. The number of ketones is 1. The van der Waals surface area contributed by atoms with E-state index in [-0.39, 0.29) is 23.1 Å². The molecule has 0 atom stereocenters. The van der Waals surface area contributed by atoms with Crippen LogP contribution in [0.5, 0.6) is 0 Å². The molecule has 0 saturated heterocycles. The van der Waals surface area contributed by atoms with Gasteiger partial charge in [0.05, 0.1) is 6.33 Å². The number of carbonyl (C=O) groups is 1. The standard InChI is InChI=1S/C14H18N4O3/c1-9(19)4-3-7-17-8-15-12-11(17)13(20)16(2)14(21)18(12)10-5-6-10/h8,10H,3-7H2,1-2H3. The second-order valence-electron chi connectivity index (χ2n) is 5.66. The third kappa shape index (κ3) is 2.32. The number of carbonyl (C=O) groups excluding carboxylic acids is 1. The van der Waals surface area contributed by atoms with E-state index >= 15 is 0 Å². The van der Waals surface area contributed by atoms with E-state index in [1.165, 1.54) is 7.05 Å². The molecule has 21 heavy (non-hydrogen) atoms. The number of aryl methyl sites for hydroxylation is 1. The number of rotatable bonds is 5.